The fraction of sp³-hybridized carbons (Fsp3) is 0.500. The average molecular weight is 478 g/mol. The topological polar surface area (TPSA) is 18.5 Å². The lowest BCUT2D eigenvalue weighted by atomic mass is 9.77. The molecule has 0 radical (unpaired) electrons. The quantitative estimate of drug-likeness (QED) is 0.338. The highest BCUT2D eigenvalue weighted by molar-refractivity contribution is 5.35. The van der Waals surface area contributed by atoms with Crippen LogP contribution in [0.5, 0.6) is 11.5 Å². The first-order valence-electron chi connectivity index (χ1n) is 10.8. The van der Waals surface area contributed by atoms with Crippen molar-refractivity contribution in [2.24, 2.45) is 5.92 Å². The van der Waals surface area contributed by atoms with Crippen LogP contribution in [-0.4, -0.2) is 12.5 Å². The van der Waals surface area contributed by atoms with Crippen LogP contribution in [-0.2, 0) is 6.11 Å². The molecule has 0 bridgehead atoms. The van der Waals surface area contributed by atoms with Crippen LogP contribution in [0, 0.1) is 11.7 Å². The molecule has 0 aromatic heterocycles. The molecular weight excluding hydrogens is 453 g/mol. The second-order valence-electron chi connectivity index (χ2n) is 8.30. The van der Waals surface area contributed by atoms with Gasteiger partial charge in [0.15, 0.2) is 11.6 Å². The summed E-state index contributed by atoms with van der Waals surface area (Å²) < 4.78 is 102. The number of hydrogen-bond donors (Lipinski definition) is 0. The van der Waals surface area contributed by atoms with Crippen LogP contribution in [0.1, 0.15) is 62.5 Å². The van der Waals surface area contributed by atoms with E-state index in [0.717, 1.165) is 49.7 Å². The van der Waals surface area contributed by atoms with Crippen LogP contribution >= 0.6 is 0 Å². The smallest absolute Gasteiger partial charge is 0.429 e. The Bertz CT molecular complexity index is 908. The van der Waals surface area contributed by atoms with Crippen molar-refractivity contribution in [3.8, 4) is 11.5 Å². The fourth-order valence-corrected chi connectivity index (χ4v) is 4.17. The molecule has 2 aromatic rings. The van der Waals surface area contributed by atoms with Crippen LogP contribution in [0.15, 0.2) is 42.5 Å². The maximum Gasteiger partial charge on any atom is 0.461 e. The van der Waals surface area contributed by atoms with E-state index < -0.39 is 41.5 Å². The molecule has 182 valence electrons. The molecule has 0 unspecified atom stereocenters. The highest BCUT2D eigenvalue weighted by Gasteiger charge is 2.44. The van der Waals surface area contributed by atoms with Crippen molar-refractivity contribution in [1.29, 1.82) is 0 Å². The Hall–Kier alpha value is -2.45. The van der Waals surface area contributed by atoms with Gasteiger partial charge in [-0.25, -0.2) is 4.39 Å². The Morgan fingerprint density at radius 2 is 1.55 bits per heavy atom. The zero-order valence-corrected chi connectivity index (χ0v) is 18.0. The first-order valence-corrected chi connectivity index (χ1v) is 10.8. The van der Waals surface area contributed by atoms with Crippen molar-refractivity contribution < 1.29 is 40.2 Å². The Morgan fingerprint density at radius 1 is 0.909 bits per heavy atom. The molecule has 2 aromatic carbocycles. The minimum atomic E-state index is -4.93. The van der Waals surface area contributed by atoms with E-state index in [1.54, 1.807) is 12.1 Å². The third-order valence-corrected chi connectivity index (χ3v) is 5.91. The Kier molecular flexibility index (Phi) is 7.80. The van der Waals surface area contributed by atoms with Crippen LogP contribution in [0.25, 0.3) is 0 Å². The standard InChI is InChI=1S/C24H25F7O2/c1-2-3-15-4-6-16(7-5-15)17-8-10-18(11-9-17)23(28,29)32-19-12-13-21(20(25)14-19)33-24(30,31)22(26)27/h8-16,22H,2-7H2,1H3. The molecule has 33 heavy (non-hydrogen) atoms. The summed E-state index contributed by atoms with van der Waals surface area (Å²) in [5.41, 5.74) is 0.507. The van der Waals surface area contributed by atoms with E-state index in [2.05, 4.69) is 16.4 Å². The van der Waals surface area contributed by atoms with E-state index in [4.69, 9.17) is 0 Å². The monoisotopic (exact) mass is 478 g/mol. The first-order chi connectivity index (χ1) is 15.5. The van der Waals surface area contributed by atoms with Gasteiger partial charge in [0.1, 0.15) is 5.75 Å². The van der Waals surface area contributed by atoms with E-state index in [-0.39, 0.29) is 0 Å². The zero-order chi connectivity index (χ0) is 24.2. The van der Waals surface area contributed by atoms with Gasteiger partial charge in [-0.05, 0) is 67.3 Å². The Morgan fingerprint density at radius 3 is 2.09 bits per heavy atom. The number of ether oxygens (including phenoxy) is 2. The van der Waals surface area contributed by atoms with Gasteiger partial charge < -0.3 is 9.47 Å². The van der Waals surface area contributed by atoms with Gasteiger partial charge in [0, 0.05) is 6.07 Å². The molecule has 0 aliphatic heterocycles. The second-order valence-corrected chi connectivity index (χ2v) is 8.30. The highest BCUT2D eigenvalue weighted by Crippen LogP contribution is 2.39. The number of rotatable bonds is 9. The molecule has 3 rings (SSSR count). The average Bonchev–Trinajstić information content (AvgIpc) is 2.76. The minimum Gasteiger partial charge on any atom is -0.429 e. The third-order valence-electron chi connectivity index (χ3n) is 5.91. The predicted octanol–water partition coefficient (Wildman–Crippen LogP) is 8.26. The molecule has 2 nitrogen and oxygen atoms in total. The predicted molar refractivity (Wildman–Crippen MR) is 109 cm³/mol. The normalized spacial score (nSPS) is 19.5. The van der Waals surface area contributed by atoms with Crippen molar-refractivity contribution in [3.63, 3.8) is 0 Å². The molecule has 0 atom stereocenters. The molecule has 1 saturated carbocycles. The van der Waals surface area contributed by atoms with Gasteiger partial charge in [-0.15, -0.1) is 0 Å². The summed E-state index contributed by atoms with van der Waals surface area (Å²) in [6.45, 7) is 2.16. The van der Waals surface area contributed by atoms with Crippen molar-refractivity contribution in [2.45, 2.75) is 70.0 Å². The van der Waals surface area contributed by atoms with E-state index in [0.29, 0.717) is 18.1 Å². The maximum atomic E-state index is 14.6. The molecule has 1 aliphatic rings. The van der Waals surface area contributed by atoms with Gasteiger partial charge in [0.05, 0.1) is 5.56 Å². The lowest BCUT2D eigenvalue weighted by molar-refractivity contribution is -0.254. The van der Waals surface area contributed by atoms with Gasteiger partial charge in [-0.3, -0.25) is 0 Å². The highest BCUT2D eigenvalue weighted by atomic mass is 19.3. The SMILES string of the molecule is CCCC1CCC(c2ccc(C(F)(F)Oc3ccc(OC(F)(F)C(F)F)c(F)c3)cc2)CC1. The van der Waals surface area contributed by atoms with Crippen molar-refractivity contribution in [2.75, 3.05) is 0 Å². The molecule has 0 amide bonds. The van der Waals surface area contributed by atoms with Gasteiger partial charge in [0.2, 0.25) is 0 Å². The number of benzene rings is 2. The molecule has 0 spiro atoms. The van der Waals surface area contributed by atoms with Gasteiger partial charge in [-0.2, -0.15) is 26.3 Å². The van der Waals surface area contributed by atoms with Crippen LogP contribution in [0.3, 0.4) is 0 Å². The van der Waals surface area contributed by atoms with E-state index in [9.17, 15) is 30.7 Å². The molecule has 0 N–H and O–H groups in total. The summed E-state index contributed by atoms with van der Waals surface area (Å²) in [5.74, 6) is -2.40. The molecule has 0 heterocycles. The molecule has 1 aliphatic carbocycles. The fourth-order valence-electron chi connectivity index (χ4n) is 4.17. The van der Waals surface area contributed by atoms with E-state index in [1.165, 1.54) is 18.6 Å². The number of hydrogen-bond acceptors (Lipinski definition) is 2. The summed E-state index contributed by atoms with van der Waals surface area (Å²) in [6.07, 6.45) is -6.33. The zero-order valence-electron chi connectivity index (χ0n) is 18.0. The van der Waals surface area contributed by atoms with E-state index >= 15 is 0 Å². The molecule has 0 saturated heterocycles. The van der Waals surface area contributed by atoms with Crippen molar-refractivity contribution in [3.05, 3.63) is 59.4 Å². The Balaban J connectivity index is 1.65. The summed E-state index contributed by atoms with van der Waals surface area (Å²) in [4.78, 5) is 0. The van der Waals surface area contributed by atoms with Gasteiger partial charge in [0.25, 0.3) is 0 Å². The third kappa shape index (κ3) is 6.32. The lowest BCUT2D eigenvalue weighted by Crippen LogP contribution is -2.33. The van der Waals surface area contributed by atoms with Gasteiger partial charge in [-0.1, -0.05) is 31.9 Å². The summed E-state index contributed by atoms with van der Waals surface area (Å²) >= 11 is 0. The van der Waals surface area contributed by atoms with Crippen molar-refractivity contribution >= 4 is 0 Å². The van der Waals surface area contributed by atoms with Crippen LogP contribution in [0.4, 0.5) is 30.7 Å². The first kappa shape index (κ1) is 25.2. The van der Waals surface area contributed by atoms with Crippen LogP contribution in [0.2, 0.25) is 0 Å². The number of alkyl halides is 6. The molecule has 1 fully saturated rings. The second kappa shape index (κ2) is 10.2. The Labute approximate surface area is 187 Å². The largest absolute Gasteiger partial charge is 0.461 e. The van der Waals surface area contributed by atoms with Gasteiger partial charge >= 0.3 is 18.6 Å². The summed E-state index contributed by atoms with van der Waals surface area (Å²) in [5, 5.41) is 0. The van der Waals surface area contributed by atoms with Crippen molar-refractivity contribution in [1.82, 2.24) is 0 Å². The molecular formula is C24H25F7O2. The maximum absolute atomic E-state index is 14.6. The summed E-state index contributed by atoms with van der Waals surface area (Å²) in [7, 11) is 0. The summed E-state index contributed by atoms with van der Waals surface area (Å²) in [6, 6.07) is 7.36. The van der Waals surface area contributed by atoms with Crippen LogP contribution < -0.4 is 9.47 Å². The number of halogens is 7. The lowest BCUT2D eigenvalue weighted by Gasteiger charge is -2.29. The minimum absolute atomic E-state index is 0.315. The molecule has 9 heteroatoms. The van der Waals surface area contributed by atoms with E-state index in [1.807, 2.05) is 0 Å².